The van der Waals surface area contributed by atoms with Crippen LogP contribution < -0.4 is 11.0 Å². The molecule has 27 heavy (non-hydrogen) atoms. The number of fused-ring (bicyclic) bond motifs is 1. The summed E-state index contributed by atoms with van der Waals surface area (Å²) in [7, 11) is 0. The van der Waals surface area contributed by atoms with Crippen molar-refractivity contribution in [3.05, 3.63) is 69.6 Å². The van der Waals surface area contributed by atoms with Crippen molar-refractivity contribution < 1.29 is 0 Å². The molecule has 0 radical (unpaired) electrons. The molecule has 7 heteroatoms. The minimum Gasteiger partial charge on any atom is -0.358 e. The van der Waals surface area contributed by atoms with E-state index in [4.69, 9.17) is 23.8 Å². The van der Waals surface area contributed by atoms with Crippen molar-refractivity contribution in [2.45, 2.75) is 25.4 Å². The van der Waals surface area contributed by atoms with Crippen LogP contribution in [0.2, 0.25) is 5.02 Å². The molecule has 0 unspecified atom stereocenters. The first-order valence-electron chi connectivity index (χ1n) is 9.09. The first-order chi connectivity index (χ1) is 13.1. The molecule has 0 aliphatic carbocycles. The molecule has 3 aromatic rings. The lowest BCUT2D eigenvalue weighted by atomic mass is 10.0. The highest BCUT2D eigenvalue weighted by molar-refractivity contribution is 7.80. The molecule has 0 bridgehead atoms. The van der Waals surface area contributed by atoms with Gasteiger partial charge in [0, 0.05) is 30.7 Å². The Kier molecular flexibility index (Phi) is 5.18. The van der Waals surface area contributed by atoms with Crippen molar-refractivity contribution >= 4 is 40.0 Å². The van der Waals surface area contributed by atoms with Crippen LogP contribution in [0.15, 0.2) is 53.3 Å². The van der Waals surface area contributed by atoms with Gasteiger partial charge in [0.15, 0.2) is 5.11 Å². The zero-order chi connectivity index (χ0) is 18.8. The molecule has 140 valence electrons. The molecular formula is C20H21ClN4OS. The molecule has 1 aliphatic rings. The van der Waals surface area contributed by atoms with E-state index in [2.05, 4.69) is 15.2 Å². The van der Waals surface area contributed by atoms with Gasteiger partial charge in [-0.3, -0.25) is 4.57 Å². The maximum Gasteiger partial charge on any atom is 0.326 e. The summed E-state index contributed by atoms with van der Waals surface area (Å²) >= 11 is 11.8. The number of H-pyrrole nitrogens is 1. The minimum atomic E-state index is -0.0333. The maximum absolute atomic E-state index is 12.4. The van der Waals surface area contributed by atoms with Gasteiger partial charge >= 0.3 is 5.69 Å². The van der Waals surface area contributed by atoms with E-state index < -0.39 is 0 Å². The monoisotopic (exact) mass is 400 g/mol. The smallest absolute Gasteiger partial charge is 0.326 e. The first-order valence-corrected chi connectivity index (χ1v) is 9.87. The Morgan fingerprint density at radius 2 is 1.85 bits per heavy atom. The highest BCUT2D eigenvalue weighted by Gasteiger charge is 2.24. The largest absolute Gasteiger partial charge is 0.358 e. The average Bonchev–Trinajstić information content (AvgIpc) is 3.03. The first kappa shape index (κ1) is 18.1. The van der Waals surface area contributed by atoms with Crippen molar-refractivity contribution in [1.82, 2.24) is 19.8 Å². The predicted molar refractivity (Wildman–Crippen MR) is 113 cm³/mol. The summed E-state index contributed by atoms with van der Waals surface area (Å²) in [6.07, 6.45) is 1.77. The van der Waals surface area contributed by atoms with Crippen LogP contribution in [-0.2, 0) is 6.54 Å². The fourth-order valence-corrected chi connectivity index (χ4v) is 4.15. The summed E-state index contributed by atoms with van der Waals surface area (Å²) in [4.78, 5) is 17.5. The number of para-hydroxylation sites is 2. The number of halogens is 1. The van der Waals surface area contributed by atoms with Crippen molar-refractivity contribution in [2.24, 2.45) is 0 Å². The second-order valence-corrected chi connectivity index (χ2v) is 7.58. The van der Waals surface area contributed by atoms with E-state index in [1.807, 2.05) is 53.1 Å². The number of imidazole rings is 1. The van der Waals surface area contributed by atoms with E-state index in [0.29, 0.717) is 6.54 Å². The number of nitrogens with zero attached hydrogens (tertiary/aromatic N) is 2. The molecule has 0 saturated carbocycles. The van der Waals surface area contributed by atoms with Gasteiger partial charge in [-0.1, -0.05) is 41.9 Å². The van der Waals surface area contributed by atoms with Crippen LogP contribution in [0.4, 0.5) is 0 Å². The topological polar surface area (TPSA) is 53.1 Å². The standard InChI is InChI=1S/C20H21ClN4OS/c21-16-6-2-1-5-14(16)13-22-20(27)24-11-9-15(10-12-24)25-18-8-4-3-7-17(18)23-19(25)26/h1-8,15H,9-13H2,(H,22,27)(H,23,26). The van der Waals surface area contributed by atoms with Gasteiger partial charge in [0.25, 0.3) is 0 Å². The van der Waals surface area contributed by atoms with Crippen molar-refractivity contribution in [3.63, 3.8) is 0 Å². The molecule has 1 aliphatic heterocycles. The van der Waals surface area contributed by atoms with Gasteiger partial charge < -0.3 is 15.2 Å². The van der Waals surface area contributed by atoms with E-state index in [1.54, 1.807) is 0 Å². The number of piperidine rings is 1. The van der Waals surface area contributed by atoms with E-state index in [-0.39, 0.29) is 11.7 Å². The highest BCUT2D eigenvalue weighted by Crippen LogP contribution is 2.25. The third-order valence-corrected chi connectivity index (χ3v) is 5.90. The van der Waals surface area contributed by atoms with Crippen molar-refractivity contribution in [3.8, 4) is 0 Å². The van der Waals surface area contributed by atoms with Crippen molar-refractivity contribution in [2.75, 3.05) is 13.1 Å². The van der Waals surface area contributed by atoms with Crippen LogP contribution in [0.1, 0.15) is 24.4 Å². The van der Waals surface area contributed by atoms with Crippen LogP contribution in [0.25, 0.3) is 11.0 Å². The Morgan fingerprint density at radius 1 is 1.15 bits per heavy atom. The minimum absolute atomic E-state index is 0.0333. The van der Waals surface area contributed by atoms with Gasteiger partial charge in [0.2, 0.25) is 0 Å². The molecule has 1 aromatic heterocycles. The number of likely N-dealkylation sites (tertiary alicyclic amines) is 1. The fraction of sp³-hybridized carbons (Fsp3) is 0.300. The molecule has 2 aromatic carbocycles. The van der Waals surface area contributed by atoms with Crippen LogP contribution in [0.3, 0.4) is 0 Å². The zero-order valence-corrected chi connectivity index (χ0v) is 16.4. The Labute approximate surface area is 167 Å². The SMILES string of the molecule is O=c1[nH]c2ccccc2n1C1CCN(C(=S)NCc2ccccc2Cl)CC1. The van der Waals surface area contributed by atoms with Crippen LogP contribution in [0.5, 0.6) is 0 Å². The molecule has 0 atom stereocenters. The van der Waals surface area contributed by atoms with Gasteiger partial charge in [0.05, 0.1) is 11.0 Å². The number of rotatable bonds is 3. The second kappa shape index (κ2) is 7.74. The molecular weight excluding hydrogens is 380 g/mol. The van der Waals surface area contributed by atoms with Gasteiger partial charge in [-0.25, -0.2) is 4.79 Å². The molecule has 0 spiro atoms. The summed E-state index contributed by atoms with van der Waals surface area (Å²) < 4.78 is 1.90. The van der Waals surface area contributed by atoms with E-state index in [9.17, 15) is 4.79 Å². The van der Waals surface area contributed by atoms with Crippen LogP contribution >= 0.6 is 23.8 Å². The third kappa shape index (κ3) is 3.73. The summed E-state index contributed by atoms with van der Waals surface area (Å²) in [5.41, 5.74) is 2.86. The van der Waals surface area contributed by atoms with E-state index >= 15 is 0 Å². The number of nitrogens with one attached hydrogen (secondary N) is 2. The lowest BCUT2D eigenvalue weighted by Gasteiger charge is -2.34. The number of hydrogen-bond donors (Lipinski definition) is 2. The third-order valence-electron chi connectivity index (χ3n) is 5.13. The van der Waals surface area contributed by atoms with Gasteiger partial charge in [-0.05, 0) is 48.8 Å². The number of hydrogen-bond acceptors (Lipinski definition) is 2. The van der Waals surface area contributed by atoms with Crippen LogP contribution in [0, 0.1) is 0 Å². The summed E-state index contributed by atoms with van der Waals surface area (Å²) in [5.74, 6) is 0. The number of aromatic nitrogens is 2. The van der Waals surface area contributed by atoms with Gasteiger partial charge in [-0.2, -0.15) is 0 Å². The Hall–Kier alpha value is -2.31. The van der Waals surface area contributed by atoms with E-state index in [0.717, 1.165) is 52.7 Å². The summed E-state index contributed by atoms with van der Waals surface area (Å²) in [6.45, 7) is 2.26. The predicted octanol–water partition coefficient (Wildman–Crippen LogP) is 3.69. The Morgan fingerprint density at radius 3 is 2.63 bits per heavy atom. The quantitative estimate of drug-likeness (QED) is 0.658. The molecule has 2 heterocycles. The summed E-state index contributed by atoms with van der Waals surface area (Å²) in [6, 6.07) is 15.8. The molecule has 5 nitrogen and oxygen atoms in total. The number of thiocarbonyl (C=S) groups is 1. The maximum atomic E-state index is 12.4. The lowest BCUT2D eigenvalue weighted by molar-refractivity contribution is 0.264. The number of benzene rings is 2. The van der Waals surface area contributed by atoms with Crippen molar-refractivity contribution in [1.29, 1.82) is 0 Å². The number of aromatic amines is 1. The molecule has 2 N–H and O–H groups in total. The van der Waals surface area contributed by atoms with E-state index in [1.165, 1.54) is 0 Å². The van der Waals surface area contributed by atoms with Gasteiger partial charge in [-0.15, -0.1) is 0 Å². The highest BCUT2D eigenvalue weighted by atomic mass is 35.5. The normalized spacial score (nSPS) is 15.2. The summed E-state index contributed by atoms with van der Waals surface area (Å²) in [5, 5.41) is 4.78. The molecule has 4 rings (SSSR count). The molecule has 1 fully saturated rings. The second-order valence-electron chi connectivity index (χ2n) is 6.79. The fourth-order valence-electron chi connectivity index (χ4n) is 3.69. The lowest BCUT2D eigenvalue weighted by Crippen LogP contribution is -2.45. The average molecular weight is 401 g/mol. The van der Waals surface area contributed by atoms with Crippen LogP contribution in [-0.4, -0.2) is 32.7 Å². The molecule has 0 amide bonds. The molecule has 1 saturated heterocycles. The zero-order valence-electron chi connectivity index (χ0n) is 14.8. The Bertz CT molecular complexity index is 1020. The Balaban J connectivity index is 1.38. The van der Waals surface area contributed by atoms with Gasteiger partial charge in [0.1, 0.15) is 0 Å².